The topological polar surface area (TPSA) is 95.1 Å². The van der Waals surface area contributed by atoms with Crippen LogP contribution in [0.25, 0.3) is 27.9 Å². The van der Waals surface area contributed by atoms with Gasteiger partial charge in [0.2, 0.25) is 0 Å². The average Bonchev–Trinajstić information content (AvgIpc) is 3.02. The van der Waals surface area contributed by atoms with Crippen LogP contribution in [0.2, 0.25) is 5.02 Å². The van der Waals surface area contributed by atoms with Crippen LogP contribution in [0.3, 0.4) is 0 Å². The Morgan fingerprint density at radius 3 is 2.61 bits per heavy atom. The number of nitrogens with two attached hydrogens (primary N) is 1. The molecule has 7 nitrogen and oxygen atoms in total. The number of hydrogen-bond donors (Lipinski definition) is 2. The van der Waals surface area contributed by atoms with E-state index in [2.05, 4.69) is 5.32 Å². The van der Waals surface area contributed by atoms with E-state index in [0.717, 1.165) is 0 Å². The number of halogens is 1. The number of nitrogen functional groups attached to an aromatic ring is 1. The predicted molar refractivity (Wildman–Crippen MR) is 124 cm³/mol. The maximum atomic E-state index is 13.1. The highest BCUT2D eigenvalue weighted by Crippen LogP contribution is 2.31. The number of hydrogen-bond acceptors (Lipinski definition) is 5. The van der Waals surface area contributed by atoms with Gasteiger partial charge in [0.05, 0.1) is 22.8 Å². The minimum absolute atomic E-state index is 0.158. The molecule has 4 aromatic rings. The molecule has 2 aromatic heterocycles. The van der Waals surface area contributed by atoms with E-state index < -0.39 is 0 Å². The molecule has 4 rings (SSSR count). The molecule has 2 aromatic carbocycles. The zero-order chi connectivity index (χ0) is 22.0. The Bertz CT molecular complexity index is 1250. The first-order valence-electron chi connectivity index (χ1n) is 10.2. The van der Waals surface area contributed by atoms with Crippen molar-refractivity contribution in [1.29, 1.82) is 0 Å². The molecule has 0 aliphatic heterocycles. The molecule has 0 radical (unpaired) electrons. The smallest absolute Gasteiger partial charge is 0.257 e. The molecule has 31 heavy (non-hydrogen) atoms. The third-order valence-corrected chi connectivity index (χ3v) is 5.08. The van der Waals surface area contributed by atoms with E-state index in [1.54, 1.807) is 16.7 Å². The summed E-state index contributed by atoms with van der Waals surface area (Å²) in [7, 11) is 0. The Morgan fingerprint density at radius 2 is 1.90 bits per heavy atom. The largest absolute Gasteiger partial charge is 0.384 e. The summed E-state index contributed by atoms with van der Waals surface area (Å²) in [6.45, 7) is 5.00. The third-order valence-electron chi connectivity index (χ3n) is 4.85. The number of anilines is 1. The summed E-state index contributed by atoms with van der Waals surface area (Å²) < 4.78 is 7.25. The van der Waals surface area contributed by atoms with Gasteiger partial charge in [-0.25, -0.2) is 9.97 Å². The molecule has 8 heteroatoms. The molecule has 2 heterocycles. The Hall–Kier alpha value is -3.16. The fraction of sp³-hybridized carbons (Fsp3) is 0.261. The number of amides is 1. The number of rotatable bonds is 7. The summed E-state index contributed by atoms with van der Waals surface area (Å²) in [6, 6.07) is 14.8. The van der Waals surface area contributed by atoms with Crippen LogP contribution in [0.1, 0.15) is 30.6 Å². The van der Waals surface area contributed by atoms with Gasteiger partial charge in [0.15, 0.2) is 5.65 Å². The van der Waals surface area contributed by atoms with Gasteiger partial charge >= 0.3 is 0 Å². The number of carbonyl (C=O) groups excluding carboxylic acids is 1. The van der Waals surface area contributed by atoms with Crippen LogP contribution < -0.4 is 11.1 Å². The summed E-state index contributed by atoms with van der Waals surface area (Å²) in [5.41, 5.74) is 9.87. The van der Waals surface area contributed by atoms with E-state index in [1.807, 2.05) is 50.2 Å². The Kier molecular flexibility index (Phi) is 6.06. The van der Waals surface area contributed by atoms with Gasteiger partial charge in [0, 0.05) is 18.2 Å². The predicted octanol–water partition coefficient (Wildman–Crippen LogP) is 4.35. The van der Waals surface area contributed by atoms with Crippen molar-refractivity contribution in [2.24, 2.45) is 0 Å². The fourth-order valence-corrected chi connectivity index (χ4v) is 3.63. The molecule has 0 saturated carbocycles. The average molecular weight is 438 g/mol. The molecule has 0 aliphatic rings. The minimum atomic E-state index is -0.294. The third kappa shape index (κ3) is 4.33. The fourth-order valence-electron chi connectivity index (χ4n) is 3.44. The highest BCUT2D eigenvalue weighted by Gasteiger charge is 2.24. The number of nitrogens with one attached hydrogen (secondary N) is 1. The summed E-state index contributed by atoms with van der Waals surface area (Å²) in [5.74, 6) is -0.0269. The minimum Gasteiger partial charge on any atom is -0.384 e. The number of aromatic nitrogens is 3. The highest BCUT2D eigenvalue weighted by atomic mass is 35.5. The van der Waals surface area contributed by atoms with Crippen molar-refractivity contribution in [3.8, 4) is 5.69 Å². The number of benzene rings is 2. The molecular weight excluding hydrogens is 414 g/mol. The molecule has 0 bridgehead atoms. The maximum absolute atomic E-state index is 13.1. The Labute approximate surface area is 185 Å². The molecule has 0 fully saturated rings. The van der Waals surface area contributed by atoms with Crippen molar-refractivity contribution in [1.82, 2.24) is 19.9 Å². The van der Waals surface area contributed by atoms with Crippen LogP contribution in [0.15, 0.2) is 48.5 Å². The first-order chi connectivity index (χ1) is 15.0. The van der Waals surface area contributed by atoms with E-state index in [4.69, 9.17) is 32.0 Å². The zero-order valence-corrected chi connectivity index (χ0v) is 18.2. The summed E-state index contributed by atoms with van der Waals surface area (Å²) in [5, 5.41) is 3.48. The summed E-state index contributed by atoms with van der Waals surface area (Å²) >= 11 is 6.20. The molecule has 0 unspecified atom stereocenters. The lowest BCUT2D eigenvalue weighted by Gasteiger charge is -2.09. The van der Waals surface area contributed by atoms with Crippen molar-refractivity contribution in [3.63, 3.8) is 0 Å². The van der Waals surface area contributed by atoms with E-state index in [1.165, 1.54) is 0 Å². The lowest BCUT2D eigenvalue weighted by Crippen LogP contribution is -2.26. The first kappa shape index (κ1) is 21.1. The Morgan fingerprint density at radius 1 is 1.16 bits per heavy atom. The van der Waals surface area contributed by atoms with E-state index in [0.29, 0.717) is 58.0 Å². The lowest BCUT2D eigenvalue weighted by molar-refractivity contribution is 0.0757. The second-order valence-corrected chi connectivity index (χ2v) is 7.93. The van der Waals surface area contributed by atoms with Crippen molar-refractivity contribution >= 4 is 45.5 Å². The molecule has 0 saturated heterocycles. The second kappa shape index (κ2) is 8.91. The van der Waals surface area contributed by atoms with Gasteiger partial charge < -0.3 is 15.8 Å². The van der Waals surface area contributed by atoms with Gasteiger partial charge in [-0.3, -0.25) is 9.36 Å². The standard InChI is InChI=1S/C23H24ClN5O2/c1-14(2)31-12-6-11-26-23(30)19-20-22(28-18-10-4-3-9-17(18)27-20)29(21(19)25)16-8-5-7-15(24)13-16/h3-5,7-10,13-14H,6,11-12,25H2,1-2H3,(H,26,30). The number of nitrogens with zero attached hydrogens (tertiary/aromatic N) is 3. The zero-order valence-electron chi connectivity index (χ0n) is 17.4. The number of para-hydroxylation sites is 2. The number of ether oxygens (including phenoxy) is 1. The number of fused-ring (bicyclic) bond motifs is 2. The van der Waals surface area contributed by atoms with Gasteiger partial charge in [-0.1, -0.05) is 29.8 Å². The van der Waals surface area contributed by atoms with E-state index in [-0.39, 0.29) is 17.8 Å². The molecule has 160 valence electrons. The van der Waals surface area contributed by atoms with Crippen LogP contribution in [-0.4, -0.2) is 39.7 Å². The van der Waals surface area contributed by atoms with E-state index in [9.17, 15) is 4.79 Å². The highest BCUT2D eigenvalue weighted by molar-refractivity contribution is 6.30. The van der Waals surface area contributed by atoms with Gasteiger partial charge in [-0.2, -0.15) is 0 Å². The first-order valence-corrected chi connectivity index (χ1v) is 10.6. The van der Waals surface area contributed by atoms with Crippen molar-refractivity contribution in [2.45, 2.75) is 26.4 Å². The lowest BCUT2D eigenvalue weighted by atomic mass is 10.2. The van der Waals surface area contributed by atoms with Crippen LogP contribution in [0, 0.1) is 0 Å². The number of carbonyl (C=O) groups is 1. The molecular formula is C23H24ClN5O2. The second-order valence-electron chi connectivity index (χ2n) is 7.49. The van der Waals surface area contributed by atoms with Gasteiger partial charge in [-0.05, 0) is 50.6 Å². The molecule has 3 N–H and O–H groups in total. The van der Waals surface area contributed by atoms with Gasteiger partial charge in [-0.15, -0.1) is 0 Å². The SMILES string of the molecule is CC(C)OCCCNC(=O)c1c(N)n(-c2cccc(Cl)c2)c2nc3ccccc3nc12. The van der Waals surface area contributed by atoms with Crippen molar-refractivity contribution in [2.75, 3.05) is 18.9 Å². The summed E-state index contributed by atoms with van der Waals surface area (Å²) in [4.78, 5) is 22.6. The molecule has 0 aliphatic carbocycles. The Balaban J connectivity index is 1.78. The van der Waals surface area contributed by atoms with Crippen LogP contribution in [-0.2, 0) is 4.74 Å². The summed E-state index contributed by atoms with van der Waals surface area (Å²) in [6.07, 6.45) is 0.858. The maximum Gasteiger partial charge on any atom is 0.257 e. The monoisotopic (exact) mass is 437 g/mol. The normalized spacial score (nSPS) is 11.5. The van der Waals surface area contributed by atoms with Crippen LogP contribution in [0.5, 0.6) is 0 Å². The van der Waals surface area contributed by atoms with Crippen molar-refractivity contribution in [3.05, 3.63) is 59.1 Å². The van der Waals surface area contributed by atoms with E-state index >= 15 is 0 Å². The molecule has 0 spiro atoms. The molecule has 0 atom stereocenters. The van der Waals surface area contributed by atoms with Gasteiger partial charge in [0.1, 0.15) is 16.9 Å². The quantitative estimate of drug-likeness (QED) is 0.419. The van der Waals surface area contributed by atoms with Gasteiger partial charge in [0.25, 0.3) is 5.91 Å². The van der Waals surface area contributed by atoms with Crippen LogP contribution >= 0.6 is 11.6 Å². The van der Waals surface area contributed by atoms with Crippen molar-refractivity contribution < 1.29 is 9.53 Å². The molecule has 1 amide bonds. The van der Waals surface area contributed by atoms with Crippen LogP contribution in [0.4, 0.5) is 5.82 Å².